The summed E-state index contributed by atoms with van der Waals surface area (Å²) in [5.74, 6) is -0.835. The number of quaternary nitrogens is 1. The summed E-state index contributed by atoms with van der Waals surface area (Å²) in [5.41, 5.74) is 0. The van der Waals surface area contributed by atoms with Crippen molar-refractivity contribution in [2.24, 2.45) is 0 Å². The van der Waals surface area contributed by atoms with Crippen LogP contribution in [0.2, 0.25) is 0 Å². The summed E-state index contributed by atoms with van der Waals surface area (Å²) >= 11 is 0. The highest BCUT2D eigenvalue weighted by molar-refractivity contribution is 7.45. The average molecular weight is 1120 g/mol. The molecule has 0 heterocycles. The van der Waals surface area contributed by atoms with Crippen molar-refractivity contribution >= 4 is 19.8 Å². The smallest absolute Gasteiger partial charge is 0.306 e. The number of esters is 2. The van der Waals surface area contributed by atoms with E-state index in [0.717, 1.165) is 70.6 Å². The van der Waals surface area contributed by atoms with E-state index in [1.807, 2.05) is 21.1 Å². The van der Waals surface area contributed by atoms with Crippen molar-refractivity contribution in [1.29, 1.82) is 0 Å². The van der Waals surface area contributed by atoms with Gasteiger partial charge in [-0.3, -0.25) is 14.2 Å². The Morgan fingerprint density at radius 1 is 0.397 bits per heavy atom. The molecular weight excluding hydrogens is 990 g/mol. The average Bonchev–Trinajstić information content (AvgIpc) is 3.41. The first-order valence-corrected chi connectivity index (χ1v) is 34.8. The predicted molar refractivity (Wildman–Crippen MR) is 333 cm³/mol. The fourth-order valence-corrected chi connectivity index (χ4v) is 10.4. The maximum absolute atomic E-state index is 12.8. The summed E-state index contributed by atoms with van der Waals surface area (Å²) in [5, 5.41) is 0. The topological polar surface area (TPSA) is 111 Å². The molecule has 0 bridgehead atoms. The lowest BCUT2D eigenvalue weighted by Gasteiger charge is -2.28. The van der Waals surface area contributed by atoms with Crippen LogP contribution in [0, 0.1) is 0 Å². The zero-order valence-electron chi connectivity index (χ0n) is 52.1. The molecule has 0 aliphatic carbocycles. The summed E-state index contributed by atoms with van der Waals surface area (Å²) in [6.45, 7) is 4.26. The van der Waals surface area contributed by atoms with Gasteiger partial charge in [0.15, 0.2) is 6.10 Å². The lowest BCUT2D eigenvalue weighted by atomic mass is 10.0. The highest BCUT2D eigenvalue weighted by atomic mass is 31.2. The Bertz CT molecular complexity index is 1460. The number of rotatable bonds is 62. The largest absolute Gasteiger partial charge is 0.756 e. The van der Waals surface area contributed by atoms with Crippen molar-refractivity contribution in [1.82, 2.24) is 0 Å². The van der Waals surface area contributed by atoms with Gasteiger partial charge in [-0.05, 0) is 77.0 Å². The van der Waals surface area contributed by atoms with Gasteiger partial charge < -0.3 is 27.9 Å². The van der Waals surface area contributed by atoms with Gasteiger partial charge in [0.1, 0.15) is 19.8 Å². The molecule has 0 radical (unpaired) electrons. The molecule has 0 aromatic heterocycles. The molecule has 0 rings (SSSR count). The highest BCUT2D eigenvalue weighted by Crippen LogP contribution is 2.38. The van der Waals surface area contributed by atoms with E-state index < -0.39 is 26.5 Å². The zero-order chi connectivity index (χ0) is 57.0. The fourth-order valence-electron chi connectivity index (χ4n) is 9.66. The molecule has 458 valence electrons. The molecule has 78 heavy (non-hydrogen) atoms. The summed E-state index contributed by atoms with van der Waals surface area (Å²) in [6.07, 6.45) is 76.2. The molecule has 0 N–H and O–H groups in total. The van der Waals surface area contributed by atoms with E-state index in [1.165, 1.54) is 218 Å². The number of phosphoric acid groups is 1. The Morgan fingerprint density at radius 3 is 1.04 bits per heavy atom. The molecule has 0 aliphatic heterocycles. The van der Waals surface area contributed by atoms with E-state index >= 15 is 0 Å². The minimum Gasteiger partial charge on any atom is -0.756 e. The standard InChI is InChI=1S/C68H128NO8P/c1-6-8-10-12-14-16-18-20-22-24-26-28-29-30-31-32-33-34-35-36-37-38-39-41-42-44-46-48-50-52-54-56-58-60-67(70)74-64-66(65-76-78(72,73)75-63-62-69(3,4)5)77-68(71)61-59-57-55-53-51-49-47-45-43-40-27-25-23-21-19-17-15-13-11-9-7-2/h19,21,24-27,43,45,66H,6-18,20,22-23,28-42,44,46-65H2,1-5H3/b21-19-,26-24-,27-25-,45-43-. The van der Waals surface area contributed by atoms with Crippen molar-refractivity contribution in [3.05, 3.63) is 48.6 Å². The van der Waals surface area contributed by atoms with Crippen LogP contribution >= 0.6 is 7.82 Å². The minimum atomic E-state index is -4.64. The Balaban J connectivity index is 4.02. The lowest BCUT2D eigenvalue weighted by molar-refractivity contribution is -0.870. The van der Waals surface area contributed by atoms with Crippen LogP contribution in [0.4, 0.5) is 0 Å². The maximum Gasteiger partial charge on any atom is 0.306 e. The third-order valence-electron chi connectivity index (χ3n) is 14.8. The molecule has 9 nitrogen and oxygen atoms in total. The second kappa shape index (κ2) is 59.6. The van der Waals surface area contributed by atoms with Gasteiger partial charge in [0, 0.05) is 12.8 Å². The molecular formula is C68H128NO8P. The van der Waals surface area contributed by atoms with Crippen molar-refractivity contribution in [2.75, 3.05) is 47.5 Å². The molecule has 0 aromatic carbocycles. The molecule has 0 saturated carbocycles. The third-order valence-corrected chi connectivity index (χ3v) is 15.8. The molecule has 0 aromatic rings. The predicted octanol–water partition coefficient (Wildman–Crippen LogP) is 20.6. The number of allylic oxidation sites excluding steroid dienone is 8. The van der Waals surface area contributed by atoms with Crippen LogP contribution in [-0.4, -0.2) is 70.0 Å². The second-order valence-electron chi connectivity index (χ2n) is 23.8. The fraction of sp³-hybridized carbons (Fsp3) is 0.853. The molecule has 0 fully saturated rings. The summed E-state index contributed by atoms with van der Waals surface area (Å²) < 4.78 is 34.2. The Morgan fingerprint density at radius 2 is 0.692 bits per heavy atom. The van der Waals surface area contributed by atoms with Crippen LogP contribution in [0.25, 0.3) is 0 Å². The number of nitrogens with zero attached hydrogens (tertiary/aromatic N) is 1. The minimum absolute atomic E-state index is 0.0332. The Kier molecular flexibility index (Phi) is 58.0. The van der Waals surface area contributed by atoms with Crippen LogP contribution < -0.4 is 4.89 Å². The van der Waals surface area contributed by atoms with E-state index in [2.05, 4.69) is 62.5 Å². The van der Waals surface area contributed by atoms with Gasteiger partial charge in [0.25, 0.3) is 7.82 Å². The van der Waals surface area contributed by atoms with Crippen LogP contribution in [0.3, 0.4) is 0 Å². The zero-order valence-corrected chi connectivity index (χ0v) is 53.0. The molecule has 10 heteroatoms. The molecule has 0 spiro atoms. The van der Waals surface area contributed by atoms with Crippen LogP contribution in [0.5, 0.6) is 0 Å². The number of phosphoric ester groups is 1. The number of likely N-dealkylation sites (N-methyl/N-ethyl adjacent to an activating group) is 1. The normalized spacial score (nSPS) is 13.5. The monoisotopic (exact) mass is 1120 g/mol. The number of hydrogen-bond acceptors (Lipinski definition) is 8. The number of hydrogen-bond donors (Lipinski definition) is 0. The van der Waals surface area contributed by atoms with Gasteiger partial charge in [-0.1, -0.05) is 281 Å². The van der Waals surface area contributed by atoms with Crippen molar-refractivity contribution in [2.45, 2.75) is 328 Å². The summed E-state index contributed by atoms with van der Waals surface area (Å²) in [7, 11) is 1.17. The van der Waals surface area contributed by atoms with Gasteiger partial charge in [-0.25, -0.2) is 0 Å². The molecule has 0 aliphatic rings. The highest BCUT2D eigenvalue weighted by Gasteiger charge is 2.22. The number of ether oxygens (including phenoxy) is 2. The Labute approximate surface area is 484 Å². The first kappa shape index (κ1) is 76.0. The van der Waals surface area contributed by atoms with Crippen LogP contribution in [-0.2, 0) is 32.7 Å². The molecule has 0 amide bonds. The SMILES string of the molecule is CCCCCCC/C=C\C/C=C\C/C=C\CCCCCCCCC(=O)OC(COC(=O)CCCCCCCCCCCCCCCCCCCCCCC/C=C\CCCCCCCCCC)COP(=O)([O-])OCC[N+](C)(C)C. The number of carbonyl (C=O) groups excluding carboxylic acids is 2. The quantitative estimate of drug-likeness (QED) is 0.0195. The van der Waals surface area contributed by atoms with Crippen molar-refractivity contribution in [3.8, 4) is 0 Å². The van der Waals surface area contributed by atoms with Gasteiger partial charge in [-0.15, -0.1) is 0 Å². The van der Waals surface area contributed by atoms with Gasteiger partial charge >= 0.3 is 11.9 Å². The van der Waals surface area contributed by atoms with Crippen LogP contribution in [0.15, 0.2) is 48.6 Å². The second-order valence-corrected chi connectivity index (χ2v) is 25.2. The first-order chi connectivity index (χ1) is 38.0. The first-order valence-electron chi connectivity index (χ1n) is 33.3. The van der Waals surface area contributed by atoms with Gasteiger partial charge in [0.05, 0.1) is 27.7 Å². The van der Waals surface area contributed by atoms with Crippen molar-refractivity contribution < 1.29 is 42.1 Å². The van der Waals surface area contributed by atoms with Crippen LogP contribution in [0.1, 0.15) is 322 Å². The van der Waals surface area contributed by atoms with E-state index in [4.69, 9.17) is 18.5 Å². The molecule has 2 unspecified atom stereocenters. The van der Waals surface area contributed by atoms with E-state index in [-0.39, 0.29) is 32.0 Å². The summed E-state index contributed by atoms with van der Waals surface area (Å²) in [6, 6.07) is 0. The van der Waals surface area contributed by atoms with E-state index in [0.29, 0.717) is 17.4 Å². The van der Waals surface area contributed by atoms with Crippen molar-refractivity contribution in [3.63, 3.8) is 0 Å². The van der Waals surface area contributed by atoms with E-state index in [9.17, 15) is 19.0 Å². The summed E-state index contributed by atoms with van der Waals surface area (Å²) in [4.78, 5) is 38.0. The lowest BCUT2D eigenvalue weighted by Crippen LogP contribution is -2.37. The number of unbranched alkanes of at least 4 members (excludes halogenated alkanes) is 40. The van der Waals surface area contributed by atoms with E-state index in [1.54, 1.807) is 0 Å². The maximum atomic E-state index is 12.8. The Hall–Kier alpha value is -2.03. The third kappa shape index (κ3) is 63.2. The molecule has 2 atom stereocenters. The molecule has 0 saturated heterocycles. The number of carbonyl (C=O) groups is 2. The van der Waals surface area contributed by atoms with Gasteiger partial charge in [0.2, 0.25) is 0 Å². The van der Waals surface area contributed by atoms with Gasteiger partial charge in [-0.2, -0.15) is 0 Å².